The van der Waals surface area contributed by atoms with Crippen molar-refractivity contribution in [2.75, 3.05) is 52.7 Å². The Labute approximate surface area is 98.4 Å². The van der Waals surface area contributed by atoms with Crippen LogP contribution < -0.4 is 11.5 Å². The number of ether oxygens (including phenoxy) is 3. The molecule has 0 aromatic carbocycles. The van der Waals surface area contributed by atoms with Gasteiger partial charge in [-0.2, -0.15) is 0 Å². The van der Waals surface area contributed by atoms with Gasteiger partial charge in [0.2, 0.25) is 0 Å². The van der Waals surface area contributed by atoms with Crippen molar-refractivity contribution in [2.45, 2.75) is 19.3 Å². The molecule has 0 aliphatic carbocycles. The Balaban J connectivity index is 2.83. The highest BCUT2D eigenvalue weighted by Gasteiger charge is 1.91. The van der Waals surface area contributed by atoms with E-state index in [1.165, 1.54) is 0 Å². The molecule has 4 N–H and O–H groups in total. The van der Waals surface area contributed by atoms with Gasteiger partial charge in [-0.1, -0.05) is 0 Å². The van der Waals surface area contributed by atoms with Gasteiger partial charge in [0.15, 0.2) is 0 Å². The summed E-state index contributed by atoms with van der Waals surface area (Å²) in [5.74, 6) is 0. The fourth-order valence-electron chi connectivity index (χ4n) is 1.06. The maximum Gasteiger partial charge on any atom is 0.0700 e. The third kappa shape index (κ3) is 13.8. The van der Waals surface area contributed by atoms with Crippen LogP contribution >= 0.6 is 0 Å². The van der Waals surface area contributed by atoms with Gasteiger partial charge in [0.1, 0.15) is 0 Å². The van der Waals surface area contributed by atoms with Gasteiger partial charge >= 0.3 is 0 Å². The van der Waals surface area contributed by atoms with Crippen molar-refractivity contribution in [3.8, 4) is 0 Å². The van der Waals surface area contributed by atoms with Crippen LogP contribution in [-0.4, -0.2) is 52.7 Å². The third-order valence-corrected chi connectivity index (χ3v) is 1.93. The second-order valence-corrected chi connectivity index (χ2v) is 3.48. The van der Waals surface area contributed by atoms with Crippen LogP contribution in [0.5, 0.6) is 0 Å². The van der Waals surface area contributed by atoms with E-state index in [9.17, 15) is 0 Å². The van der Waals surface area contributed by atoms with Crippen LogP contribution in [0, 0.1) is 0 Å². The van der Waals surface area contributed by atoms with E-state index in [0.717, 1.165) is 45.7 Å². The van der Waals surface area contributed by atoms with Crippen LogP contribution in [0.15, 0.2) is 0 Å². The summed E-state index contributed by atoms with van der Waals surface area (Å²) in [6, 6.07) is 0. The molecule has 0 unspecified atom stereocenters. The van der Waals surface area contributed by atoms with E-state index in [2.05, 4.69) is 0 Å². The lowest BCUT2D eigenvalue weighted by atomic mass is 10.4. The van der Waals surface area contributed by atoms with E-state index in [-0.39, 0.29) is 0 Å². The minimum absolute atomic E-state index is 0.646. The van der Waals surface area contributed by atoms with E-state index in [1.54, 1.807) is 0 Å². The van der Waals surface area contributed by atoms with Crippen LogP contribution in [0.25, 0.3) is 0 Å². The topological polar surface area (TPSA) is 79.7 Å². The maximum atomic E-state index is 5.36. The first kappa shape index (κ1) is 15.8. The summed E-state index contributed by atoms with van der Waals surface area (Å²) in [4.78, 5) is 0. The minimum atomic E-state index is 0.646. The molecule has 0 aliphatic rings. The summed E-state index contributed by atoms with van der Waals surface area (Å²) in [6.45, 7) is 5.61. The molecular weight excluding hydrogens is 208 g/mol. The zero-order chi connectivity index (χ0) is 11.9. The molecule has 98 valence electrons. The molecule has 0 aliphatic heterocycles. The molecule has 0 radical (unpaired) electrons. The first-order chi connectivity index (χ1) is 7.91. The number of nitrogens with two attached hydrogens (primary N) is 2. The van der Waals surface area contributed by atoms with Crippen LogP contribution in [-0.2, 0) is 14.2 Å². The highest BCUT2D eigenvalue weighted by molar-refractivity contribution is 4.39. The van der Waals surface area contributed by atoms with Gasteiger partial charge in [-0.25, -0.2) is 0 Å². The first-order valence-electron chi connectivity index (χ1n) is 6.05. The lowest BCUT2D eigenvalue weighted by Crippen LogP contribution is -2.10. The normalized spacial score (nSPS) is 10.9. The summed E-state index contributed by atoms with van der Waals surface area (Å²) >= 11 is 0. The van der Waals surface area contributed by atoms with Crippen molar-refractivity contribution in [1.29, 1.82) is 0 Å². The molecule has 5 heteroatoms. The SMILES string of the molecule is NCCCOCCCOCCOCCCN. The molecule has 0 amide bonds. The van der Waals surface area contributed by atoms with E-state index in [0.29, 0.717) is 26.3 Å². The lowest BCUT2D eigenvalue weighted by molar-refractivity contribution is 0.0354. The summed E-state index contributed by atoms with van der Waals surface area (Å²) in [5.41, 5.74) is 10.7. The van der Waals surface area contributed by atoms with Crippen molar-refractivity contribution in [3.05, 3.63) is 0 Å². The van der Waals surface area contributed by atoms with E-state index in [4.69, 9.17) is 25.7 Å². The average Bonchev–Trinajstić information content (AvgIpc) is 2.31. The first-order valence-corrected chi connectivity index (χ1v) is 6.05. The zero-order valence-electron chi connectivity index (χ0n) is 10.2. The summed E-state index contributed by atoms with van der Waals surface area (Å²) in [6.07, 6.45) is 2.76. The monoisotopic (exact) mass is 234 g/mol. The Hall–Kier alpha value is -0.200. The predicted octanol–water partition coefficient (Wildman–Crippen LogP) is 0.124. The Bertz CT molecular complexity index is 112. The Morgan fingerprint density at radius 3 is 1.31 bits per heavy atom. The average molecular weight is 234 g/mol. The Morgan fingerprint density at radius 2 is 0.875 bits per heavy atom. The van der Waals surface area contributed by atoms with Gasteiger partial charge in [-0.3, -0.25) is 0 Å². The molecular formula is C11H26N2O3. The molecule has 0 spiro atoms. The molecule has 0 heterocycles. The highest BCUT2D eigenvalue weighted by atomic mass is 16.5. The molecule has 0 saturated heterocycles. The second kappa shape index (κ2) is 14.8. The Kier molecular flexibility index (Phi) is 14.6. The largest absolute Gasteiger partial charge is 0.381 e. The van der Waals surface area contributed by atoms with Gasteiger partial charge in [-0.15, -0.1) is 0 Å². The van der Waals surface area contributed by atoms with E-state index in [1.807, 2.05) is 0 Å². The molecule has 0 aromatic heterocycles. The molecule has 0 atom stereocenters. The van der Waals surface area contributed by atoms with Crippen LogP contribution in [0.4, 0.5) is 0 Å². The van der Waals surface area contributed by atoms with Crippen molar-refractivity contribution < 1.29 is 14.2 Å². The molecule has 0 bridgehead atoms. The summed E-state index contributed by atoms with van der Waals surface area (Å²) < 4.78 is 16.0. The standard InChI is InChI=1S/C11H26N2O3/c12-4-1-6-14-8-3-9-16-11-10-15-7-2-5-13/h1-13H2. The lowest BCUT2D eigenvalue weighted by Gasteiger charge is -2.06. The van der Waals surface area contributed by atoms with Gasteiger partial charge in [-0.05, 0) is 32.4 Å². The van der Waals surface area contributed by atoms with Crippen LogP contribution in [0.3, 0.4) is 0 Å². The maximum absolute atomic E-state index is 5.36. The number of rotatable bonds is 13. The zero-order valence-corrected chi connectivity index (χ0v) is 10.2. The quantitative estimate of drug-likeness (QED) is 0.443. The van der Waals surface area contributed by atoms with E-state index < -0.39 is 0 Å². The molecule has 0 saturated carbocycles. The molecule has 0 rings (SSSR count). The molecule has 5 nitrogen and oxygen atoms in total. The predicted molar refractivity (Wildman–Crippen MR) is 64.4 cm³/mol. The molecule has 0 fully saturated rings. The number of hydrogen-bond donors (Lipinski definition) is 2. The number of hydrogen-bond acceptors (Lipinski definition) is 5. The van der Waals surface area contributed by atoms with Crippen molar-refractivity contribution in [2.24, 2.45) is 11.5 Å². The fraction of sp³-hybridized carbons (Fsp3) is 1.00. The fourth-order valence-corrected chi connectivity index (χ4v) is 1.06. The highest BCUT2D eigenvalue weighted by Crippen LogP contribution is 1.88. The smallest absolute Gasteiger partial charge is 0.0700 e. The van der Waals surface area contributed by atoms with Gasteiger partial charge in [0, 0.05) is 26.4 Å². The van der Waals surface area contributed by atoms with E-state index >= 15 is 0 Å². The molecule has 0 aromatic rings. The van der Waals surface area contributed by atoms with Gasteiger partial charge in [0.25, 0.3) is 0 Å². The van der Waals surface area contributed by atoms with Gasteiger partial charge < -0.3 is 25.7 Å². The Morgan fingerprint density at radius 1 is 0.500 bits per heavy atom. The summed E-state index contributed by atoms with van der Waals surface area (Å²) in [5, 5.41) is 0. The van der Waals surface area contributed by atoms with Crippen molar-refractivity contribution >= 4 is 0 Å². The van der Waals surface area contributed by atoms with Crippen molar-refractivity contribution in [1.82, 2.24) is 0 Å². The van der Waals surface area contributed by atoms with Gasteiger partial charge in [0.05, 0.1) is 13.2 Å². The molecule has 16 heavy (non-hydrogen) atoms. The van der Waals surface area contributed by atoms with Crippen LogP contribution in [0.1, 0.15) is 19.3 Å². The second-order valence-electron chi connectivity index (χ2n) is 3.48. The minimum Gasteiger partial charge on any atom is -0.381 e. The van der Waals surface area contributed by atoms with Crippen molar-refractivity contribution in [3.63, 3.8) is 0 Å². The summed E-state index contributed by atoms with van der Waals surface area (Å²) in [7, 11) is 0. The van der Waals surface area contributed by atoms with Crippen LogP contribution in [0.2, 0.25) is 0 Å². The third-order valence-electron chi connectivity index (χ3n) is 1.93.